The van der Waals surface area contributed by atoms with Crippen molar-refractivity contribution in [2.24, 2.45) is 0 Å². The van der Waals surface area contributed by atoms with Gasteiger partial charge in [0, 0.05) is 6.08 Å². The van der Waals surface area contributed by atoms with Crippen molar-refractivity contribution in [2.75, 3.05) is 4.90 Å². The lowest BCUT2D eigenvalue weighted by atomic mass is 10.3. The number of thiocarbonyl (C=S) groups is 1. The Kier molecular flexibility index (Phi) is 5.58. The second-order valence-corrected chi connectivity index (χ2v) is 7.28. The van der Waals surface area contributed by atoms with Crippen LogP contribution in [0, 0.1) is 0 Å². The third-order valence-electron chi connectivity index (χ3n) is 4.15. The first-order valence-corrected chi connectivity index (χ1v) is 9.77. The first-order chi connectivity index (χ1) is 14.0. The molecule has 0 radical (unpaired) electrons. The summed E-state index contributed by atoms with van der Waals surface area (Å²) in [5.74, 6) is 1.28. The SMILES string of the molecule is O=C1/C(=C\c2ccc(COc3cccc(Cl)c3Cl)o2)NC(=S)N1c1ccccc1. The summed E-state index contributed by atoms with van der Waals surface area (Å²) in [7, 11) is 0. The average Bonchev–Trinajstić information content (AvgIpc) is 3.28. The number of nitrogens with zero attached hydrogens (tertiary/aromatic N) is 1. The van der Waals surface area contributed by atoms with Crippen LogP contribution in [0.2, 0.25) is 10.0 Å². The van der Waals surface area contributed by atoms with Crippen molar-refractivity contribution in [2.45, 2.75) is 6.61 Å². The van der Waals surface area contributed by atoms with E-state index in [1.165, 1.54) is 4.90 Å². The molecule has 5 nitrogen and oxygen atoms in total. The molecule has 1 aliphatic heterocycles. The molecule has 1 aliphatic rings. The van der Waals surface area contributed by atoms with Gasteiger partial charge in [-0.15, -0.1) is 0 Å². The van der Waals surface area contributed by atoms with E-state index < -0.39 is 0 Å². The zero-order valence-electron chi connectivity index (χ0n) is 14.9. The van der Waals surface area contributed by atoms with Crippen molar-refractivity contribution in [3.05, 3.63) is 87.9 Å². The van der Waals surface area contributed by atoms with Crippen LogP contribution in [0.4, 0.5) is 5.69 Å². The maximum absolute atomic E-state index is 12.7. The molecule has 0 unspecified atom stereocenters. The van der Waals surface area contributed by atoms with Crippen LogP contribution in [0.5, 0.6) is 5.75 Å². The van der Waals surface area contributed by atoms with Gasteiger partial charge < -0.3 is 14.5 Å². The molecule has 3 aromatic rings. The lowest BCUT2D eigenvalue weighted by molar-refractivity contribution is -0.113. The molecule has 1 saturated heterocycles. The van der Waals surface area contributed by atoms with Gasteiger partial charge >= 0.3 is 0 Å². The van der Waals surface area contributed by atoms with Crippen molar-refractivity contribution < 1.29 is 13.9 Å². The van der Waals surface area contributed by atoms with E-state index in [4.69, 9.17) is 44.6 Å². The van der Waals surface area contributed by atoms with E-state index in [1.807, 2.05) is 30.3 Å². The van der Waals surface area contributed by atoms with E-state index in [0.29, 0.717) is 43.8 Å². The maximum atomic E-state index is 12.7. The van der Waals surface area contributed by atoms with Crippen LogP contribution in [0.25, 0.3) is 6.08 Å². The Labute approximate surface area is 182 Å². The Balaban J connectivity index is 1.47. The second-order valence-electron chi connectivity index (χ2n) is 6.11. The Morgan fingerprint density at radius 3 is 2.66 bits per heavy atom. The number of ether oxygens (including phenoxy) is 1. The number of carbonyl (C=O) groups excluding carboxylic acids is 1. The monoisotopic (exact) mass is 444 g/mol. The van der Waals surface area contributed by atoms with Crippen LogP contribution in [0.1, 0.15) is 11.5 Å². The average molecular weight is 445 g/mol. The van der Waals surface area contributed by atoms with E-state index in [9.17, 15) is 4.79 Å². The summed E-state index contributed by atoms with van der Waals surface area (Å²) in [6, 6.07) is 17.9. The highest BCUT2D eigenvalue weighted by Crippen LogP contribution is 2.32. The summed E-state index contributed by atoms with van der Waals surface area (Å²) in [6.07, 6.45) is 1.60. The van der Waals surface area contributed by atoms with E-state index in [2.05, 4.69) is 5.32 Å². The fourth-order valence-electron chi connectivity index (χ4n) is 2.78. The zero-order valence-corrected chi connectivity index (χ0v) is 17.2. The van der Waals surface area contributed by atoms with Gasteiger partial charge in [0.1, 0.15) is 34.6 Å². The maximum Gasteiger partial charge on any atom is 0.281 e. The van der Waals surface area contributed by atoms with Gasteiger partial charge in [0.2, 0.25) is 0 Å². The highest BCUT2D eigenvalue weighted by molar-refractivity contribution is 7.80. The quantitative estimate of drug-likeness (QED) is 0.420. The molecule has 2 heterocycles. The zero-order chi connectivity index (χ0) is 20.4. The largest absolute Gasteiger partial charge is 0.484 e. The summed E-state index contributed by atoms with van der Waals surface area (Å²) < 4.78 is 11.4. The smallest absolute Gasteiger partial charge is 0.281 e. The minimum atomic E-state index is -0.249. The van der Waals surface area contributed by atoms with Gasteiger partial charge in [-0.3, -0.25) is 9.69 Å². The number of halogens is 2. The number of hydrogen-bond acceptors (Lipinski definition) is 4. The minimum Gasteiger partial charge on any atom is -0.484 e. The number of amides is 1. The summed E-state index contributed by atoms with van der Waals surface area (Å²) in [6.45, 7) is 0.166. The third-order valence-corrected chi connectivity index (χ3v) is 5.23. The molecule has 1 N–H and O–H groups in total. The highest BCUT2D eigenvalue weighted by atomic mass is 35.5. The van der Waals surface area contributed by atoms with Crippen LogP contribution < -0.4 is 15.0 Å². The molecule has 146 valence electrons. The van der Waals surface area contributed by atoms with Gasteiger partial charge in [-0.05, 0) is 48.6 Å². The molecule has 1 aromatic heterocycles. The molecule has 0 bridgehead atoms. The lowest BCUT2D eigenvalue weighted by Crippen LogP contribution is -2.30. The standard InChI is InChI=1S/C21H14Cl2N2O3S/c22-16-7-4-8-18(19(16)23)27-12-15-10-9-14(28-15)11-17-20(26)25(21(29)24-17)13-5-2-1-3-6-13/h1-11H,12H2,(H,24,29)/b17-11+. The van der Waals surface area contributed by atoms with Gasteiger partial charge in [-0.1, -0.05) is 47.5 Å². The number of benzene rings is 2. The molecule has 4 rings (SSSR count). The second kappa shape index (κ2) is 8.29. The number of para-hydroxylation sites is 1. The fourth-order valence-corrected chi connectivity index (χ4v) is 3.43. The van der Waals surface area contributed by atoms with Crippen LogP contribution >= 0.6 is 35.4 Å². The van der Waals surface area contributed by atoms with E-state index >= 15 is 0 Å². The number of carbonyl (C=O) groups is 1. The Morgan fingerprint density at radius 2 is 1.86 bits per heavy atom. The molecular weight excluding hydrogens is 431 g/mol. The summed E-state index contributed by atoms with van der Waals surface area (Å²) >= 11 is 17.4. The van der Waals surface area contributed by atoms with Crippen molar-refractivity contribution in [1.82, 2.24) is 5.32 Å². The normalized spacial score (nSPS) is 15.1. The van der Waals surface area contributed by atoms with Crippen LogP contribution in [-0.4, -0.2) is 11.0 Å². The molecule has 0 atom stereocenters. The fraction of sp³-hybridized carbons (Fsp3) is 0.0476. The van der Waals surface area contributed by atoms with Crippen molar-refractivity contribution >= 4 is 58.2 Å². The lowest BCUT2D eigenvalue weighted by Gasteiger charge is -2.13. The van der Waals surface area contributed by atoms with Crippen molar-refractivity contribution in [3.8, 4) is 5.75 Å². The predicted molar refractivity (Wildman–Crippen MR) is 117 cm³/mol. The Hall–Kier alpha value is -2.80. The molecule has 1 amide bonds. The molecular formula is C21H14Cl2N2O3S. The molecule has 0 spiro atoms. The van der Waals surface area contributed by atoms with Gasteiger partial charge in [0.15, 0.2) is 5.11 Å². The molecule has 1 fully saturated rings. The van der Waals surface area contributed by atoms with Crippen molar-refractivity contribution in [1.29, 1.82) is 0 Å². The number of hydrogen-bond donors (Lipinski definition) is 1. The van der Waals surface area contributed by atoms with Crippen LogP contribution in [0.15, 0.2) is 70.8 Å². The summed E-state index contributed by atoms with van der Waals surface area (Å²) in [4.78, 5) is 14.2. The molecule has 0 aliphatic carbocycles. The topological polar surface area (TPSA) is 54.7 Å². The number of furan rings is 1. The number of rotatable bonds is 5. The first kappa shape index (κ1) is 19.5. The van der Waals surface area contributed by atoms with Gasteiger partial charge in [0.05, 0.1) is 10.7 Å². The van der Waals surface area contributed by atoms with Gasteiger partial charge in [0.25, 0.3) is 5.91 Å². The third kappa shape index (κ3) is 4.15. The highest BCUT2D eigenvalue weighted by Gasteiger charge is 2.32. The van der Waals surface area contributed by atoms with Crippen LogP contribution in [0.3, 0.4) is 0 Å². The summed E-state index contributed by atoms with van der Waals surface area (Å²) in [5, 5.41) is 4.01. The first-order valence-electron chi connectivity index (χ1n) is 8.60. The molecule has 2 aromatic carbocycles. The summed E-state index contributed by atoms with van der Waals surface area (Å²) in [5.41, 5.74) is 1.03. The molecule has 0 saturated carbocycles. The van der Waals surface area contributed by atoms with Gasteiger partial charge in [-0.2, -0.15) is 0 Å². The Morgan fingerprint density at radius 1 is 1.07 bits per heavy atom. The number of anilines is 1. The Bertz CT molecular complexity index is 1110. The van der Waals surface area contributed by atoms with E-state index in [-0.39, 0.29) is 12.5 Å². The van der Waals surface area contributed by atoms with Crippen LogP contribution in [-0.2, 0) is 11.4 Å². The molecule has 8 heteroatoms. The molecule has 29 heavy (non-hydrogen) atoms. The minimum absolute atomic E-state index is 0.166. The van der Waals surface area contributed by atoms with E-state index in [0.717, 1.165) is 0 Å². The van der Waals surface area contributed by atoms with Gasteiger partial charge in [-0.25, -0.2) is 0 Å². The van der Waals surface area contributed by atoms with Crippen molar-refractivity contribution in [3.63, 3.8) is 0 Å². The number of nitrogens with one attached hydrogen (secondary N) is 1. The van der Waals surface area contributed by atoms with E-state index in [1.54, 1.807) is 36.4 Å². The predicted octanol–water partition coefficient (Wildman–Crippen LogP) is 5.43.